The minimum atomic E-state index is 0.522. The molecule has 2 heterocycles. The van der Waals surface area contributed by atoms with Crippen LogP contribution in [0.1, 0.15) is 31.0 Å². The van der Waals surface area contributed by atoms with Crippen molar-refractivity contribution >= 4 is 30.5 Å². The predicted molar refractivity (Wildman–Crippen MR) is 134 cm³/mol. The first-order valence-electron chi connectivity index (χ1n) is 10.8. The van der Waals surface area contributed by atoms with Gasteiger partial charge in [0.15, 0.2) is 0 Å². The number of nitrogens with zero attached hydrogens (tertiary/aromatic N) is 4. The number of allylic oxidation sites excluding steroid dienone is 3. The van der Waals surface area contributed by atoms with Gasteiger partial charge in [-0.1, -0.05) is 25.0 Å². The first-order valence-corrected chi connectivity index (χ1v) is 10.8. The van der Waals surface area contributed by atoms with Crippen LogP contribution in [0.4, 0.5) is 5.69 Å². The van der Waals surface area contributed by atoms with E-state index in [2.05, 4.69) is 90.0 Å². The van der Waals surface area contributed by atoms with E-state index in [-0.39, 0.29) is 0 Å². The lowest BCUT2D eigenvalue weighted by Gasteiger charge is -2.17. The zero-order chi connectivity index (χ0) is 22.2. The highest BCUT2D eigenvalue weighted by Crippen LogP contribution is 2.31. The van der Waals surface area contributed by atoms with Crippen LogP contribution in [0.5, 0.6) is 0 Å². The molecule has 31 heavy (non-hydrogen) atoms. The van der Waals surface area contributed by atoms with Crippen LogP contribution in [0.3, 0.4) is 0 Å². The molecule has 1 aliphatic heterocycles. The van der Waals surface area contributed by atoms with Crippen molar-refractivity contribution in [3.8, 4) is 6.07 Å². The zero-order valence-electron chi connectivity index (χ0n) is 18.7. The second kappa shape index (κ2) is 10.6. The average molecular weight is 411 g/mol. The molecule has 0 bridgehead atoms. The molecule has 2 aromatic rings. The first kappa shape index (κ1) is 22.4. The van der Waals surface area contributed by atoms with Crippen molar-refractivity contribution in [3.05, 3.63) is 77.3 Å². The molecule has 158 valence electrons. The summed E-state index contributed by atoms with van der Waals surface area (Å²) in [4.78, 5) is 7.01. The second-order valence-electron chi connectivity index (χ2n) is 7.66. The van der Waals surface area contributed by atoms with Gasteiger partial charge in [0, 0.05) is 30.5 Å². The Hall–Kier alpha value is -3.30. The largest absolute Gasteiger partial charge is 0.396 e. The van der Waals surface area contributed by atoms with E-state index < -0.39 is 0 Å². The highest BCUT2D eigenvalue weighted by Gasteiger charge is 2.17. The average Bonchev–Trinajstić information content (AvgIpc) is 3.41. The molecule has 0 atom stereocenters. The third kappa shape index (κ3) is 5.45. The van der Waals surface area contributed by atoms with Crippen LogP contribution in [-0.4, -0.2) is 37.7 Å². The van der Waals surface area contributed by atoms with E-state index in [0.29, 0.717) is 13.0 Å². The quantitative estimate of drug-likeness (QED) is 0.627. The van der Waals surface area contributed by atoms with Gasteiger partial charge in [0.25, 0.3) is 0 Å². The number of nitrogens with two attached hydrogens (primary N) is 1. The molecule has 1 aromatic carbocycles. The van der Waals surface area contributed by atoms with Crippen molar-refractivity contribution in [1.82, 2.24) is 4.48 Å². The Morgan fingerprint density at radius 1 is 1.26 bits per heavy atom. The molecule has 0 amide bonds. The van der Waals surface area contributed by atoms with Gasteiger partial charge in [-0.05, 0) is 73.6 Å². The van der Waals surface area contributed by atoms with Crippen molar-refractivity contribution in [2.75, 3.05) is 25.0 Å². The Kier molecular flexibility index (Phi) is 7.69. The van der Waals surface area contributed by atoms with Crippen LogP contribution >= 0.6 is 0 Å². The van der Waals surface area contributed by atoms with E-state index in [0.717, 1.165) is 43.0 Å². The monoisotopic (exact) mass is 411 g/mol. The van der Waals surface area contributed by atoms with Gasteiger partial charge < -0.3 is 15.1 Å². The smallest absolute Gasteiger partial charge is 0.238 e. The standard InChI is InChI=1S/C25H30BN5/c1-19-18-21(10-7-20-8-11-22(12-9-20)30(3)16-5-14-27)29-25(19)23(13-15-28)24-6-4-17-31(24)26-2/h4,6-12,17-18,26H,5,13,15-16,28H2,1-3H3/b10-7+,25-23-. The minimum Gasteiger partial charge on any atom is -0.396 e. The van der Waals surface area contributed by atoms with Crippen LogP contribution < -0.4 is 10.6 Å². The lowest BCUT2D eigenvalue weighted by molar-refractivity contribution is 0.905. The van der Waals surface area contributed by atoms with Crippen LogP contribution in [0.25, 0.3) is 11.6 Å². The number of benzene rings is 1. The summed E-state index contributed by atoms with van der Waals surface area (Å²) in [5.41, 5.74) is 13.7. The van der Waals surface area contributed by atoms with E-state index in [1.54, 1.807) is 0 Å². The van der Waals surface area contributed by atoms with Crippen molar-refractivity contribution in [2.45, 2.75) is 26.6 Å². The van der Waals surface area contributed by atoms with Crippen LogP contribution in [0.2, 0.25) is 6.82 Å². The van der Waals surface area contributed by atoms with E-state index in [1.165, 1.54) is 16.8 Å². The molecule has 2 N–H and O–H groups in total. The Morgan fingerprint density at radius 2 is 2.03 bits per heavy atom. The Labute approximate surface area is 186 Å². The summed E-state index contributed by atoms with van der Waals surface area (Å²) < 4.78 is 2.24. The highest BCUT2D eigenvalue weighted by molar-refractivity contribution is 6.32. The Balaban J connectivity index is 1.81. The van der Waals surface area contributed by atoms with E-state index in [1.807, 2.05) is 7.05 Å². The number of hydrogen-bond donors (Lipinski definition) is 1. The molecule has 0 saturated carbocycles. The number of aromatic nitrogens is 1. The van der Waals surface area contributed by atoms with Crippen LogP contribution in [0.15, 0.2) is 71.0 Å². The molecular formula is C25H30BN5. The molecule has 0 aliphatic carbocycles. The van der Waals surface area contributed by atoms with Crippen molar-refractivity contribution in [3.63, 3.8) is 0 Å². The van der Waals surface area contributed by atoms with Crippen LogP contribution in [-0.2, 0) is 0 Å². The number of aliphatic imine (C=N–C) groups is 1. The van der Waals surface area contributed by atoms with Gasteiger partial charge in [0.05, 0.1) is 23.9 Å². The Morgan fingerprint density at radius 3 is 2.71 bits per heavy atom. The van der Waals surface area contributed by atoms with Crippen molar-refractivity contribution in [2.24, 2.45) is 10.7 Å². The first-order chi connectivity index (χ1) is 15.1. The van der Waals surface area contributed by atoms with Gasteiger partial charge in [-0.3, -0.25) is 0 Å². The summed E-state index contributed by atoms with van der Waals surface area (Å²) in [6.07, 6.45) is 9.70. The number of hydrogen-bond acceptors (Lipinski definition) is 4. The highest BCUT2D eigenvalue weighted by atomic mass is 15.1. The van der Waals surface area contributed by atoms with Crippen LogP contribution in [0, 0.1) is 11.3 Å². The maximum absolute atomic E-state index is 8.75. The second-order valence-corrected chi connectivity index (χ2v) is 7.66. The third-order valence-corrected chi connectivity index (χ3v) is 5.48. The number of nitriles is 1. The fourth-order valence-corrected chi connectivity index (χ4v) is 3.77. The summed E-state index contributed by atoms with van der Waals surface area (Å²) in [5, 5.41) is 8.75. The van der Waals surface area contributed by atoms with Crippen molar-refractivity contribution < 1.29 is 0 Å². The summed E-state index contributed by atoms with van der Waals surface area (Å²) >= 11 is 0. The lowest BCUT2D eigenvalue weighted by Crippen LogP contribution is -2.17. The summed E-state index contributed by atoms with van der Waals surface area (Å²) in [5.74, 6) is 0. The summed E-state index contributed by atoms with van der Waals surface area (Å²) in [6.45, 7) is 5.59. The van der Waals surface area contributed by atoms with E-state index in [9.17, 15) is 0 Å². The maximum atomic E-state index is 8.75. The molecular weight excluding hydrogens is 381 g/mol. The fraction of sp³-hybridized carbons (Fsp3) is 0.280. The molecule has 0 spiro atoms. The van der Waals surface area contributed by atoms with Gasteiger partial charge >= 0.3 is 0 Å². The Bertz CT molecular complexity index is 1060. The van der Waals surface area contributed by atoms with Crippen molar-refractivity contribution in [1.29, 1.82) is 5.26 Å². The molecule has 5 nitrogen and oxygen atoms in total. The van der Waals surface area contributed by atoms with Gasteiger partial charge in [-0.25, -0.2) is 4.99 Å². The summed E-state index contributed by atoms with van der Waals surface area (Å²) in [6, 6.07) is 14.8. The fourth-order valence-electron chi connectivity index (χ4n) is 3.77. The minimum absolute atomic E-state index is 0.522. The molecule has 0 unspecified atom stereocenters. The maximum Gasteiger partial charge on any atom is 0.238 e. The third-order valence-electron chi connectivity index (χ3n) is 5.48. The zero-order valence-corrected chi connectivity index (χ0v) is 18.7. The molecule has 0 fully saturated rings. The normalized spacial score (nSPS) is 14.9. The number of anilines is 1. The van der Waals surface area contributed by atoms with E-state index >= 15 is 0 Å². The van der Waals surface area contributed by atoms with Gasteiger partial charge in [0.2, 0.25) is 7.41 Å². The number of rotatable bonds is 9. The van der Waals surface area contributed by atoms with Gasteiger partial charge in [0.1, 0.15) is 0 Å². The van der Waals surface area contributed by atoms with Gasteiger partial charge in [-0.15, -0.1) is 0 Å². The molecule has 1 aromatic heterocycles. The molecule has 3 rings (SSSR count). The van der Waals surface area contributed by atoms with E-state index in [4.69, 9.17) is 16.0 Å². The summed E-state index contributed by atoms with van der Waals surface area (Å²) in [7, 11) is 2.93. The molecule has 1 aliphatic rings. The van der Waals surface area contributed by atoms with Gasteiger partial charge in [-0.2, -0.15) is 5.26 Å². The lowest BCUT2D eigenvalue weighted by atomic mass is 9.95. The SMILES string of the molecule is CBn1cccc1/C(CCN)=C1N=C(/C=C/c2ccc(N(C)CCC#N)cc2)C=C\1C. The predicted octanol–water partition coefficient (Wildman–Crippen LogP) is 4.26. The molecule has 6 heteroatoms. The topological polar surface area (TPSA) is 70.3 Å². The molecule has 0 radical (unpaired) electrons. The molecule has 0 saturated heterocycles.